The van der Waals surface area contributed by atoms with Crippen molar-refractivity contribution in [2.75, 3.05) is 19.0 Å². The van der Waals surface area contributed by atoms with E-state index in [1.54, 1.807) is 31.4 Å². The number of methoxy groups -OCH3 is 1. The maximum Gasteiger partial charge on any atom is 0.257 e. The van der Waals surface area contributed by atoms with Gasteiger partial charge in [-0.2, -0.15) is 0 Å². The maximum atomic E-state index is 12.4. The van der Waals surface area contributed by atoms with Gasteiger partial charge in [0.2, 0.25) is 5.89 Å². The lowest BCUT2D eigenvalue weighted by molar-refractivity contribution is 0.0977. The van der Waals surface area contributed by atoms with Crippen molar-refractivity contribution in [3.8, 4) is 23.0 Å². The van der Waals surface area contributed by atoms with Crippen LogP contribution in [0.15, 0.2) is 71.1 Å². The van der Waals surface area contributed by atoms with E-state index in [9.17, 15) is 4.79 Å². The molecule has 0 atom stereocenters. The first kappa shape index (κ1) is 21.3. The SMILES string of the molecule is CCOc1ccc(C(=O)NC(=S)Nc2ccc(-c3nc4cc(OC)ccc4o3)cc2)cc1. The second-order valence-electron chi connectivity index (χ2n) is 6.80. The van der Waals surface area contributed by atoms with Gasteiger partial charge in [0.05, 0.1) is 13.7 Å². The lowest BCUT2D eigenvalue weighted by atomic mass is 10.2. The van der Waals surface area contributed by atoms with Crippen LogP contribution in [0.3, 0.4) is 0 Å². The third kappa shape index (κ3) is 4.87. The summed E-state index contributed by atoms with van der Waals surface area (Å²) >= 11 is 5.26. The fourth-order valence-electron chi connectivity index (χ4n) is 3.06. The summed E-state index contributed by atoms with van der Waals surface area (Å²) in [7, 11) is 1.61. The molecule has 3 aromatic carbocycles. The summed E-state index contributed by atoms with van der Waals surface area (Å²) < 4.78 is 16.4. The Bertz CT molecular complexity index is 1250. The Hall–Kier alpha value is -3.91. The Morgan fingerprint density at radius 3 is 2.44 bits per heavy atom. The largest absolute Gasteiger partial charge is 0.497 e. The van der Waals surface area contributed by atoms with E-state index in [-0.39, 0.29) is 11.0 Å². The van der Waals surface area contributed by atoms with E-state index in [4.69, 9.17) is 26.1 Å². The van der Waals surface area contributed by atoms with Crippen molar-refractivity contribution in [2.45, 2.75) is 6.92 Å². The first-order chi connectivity index (χ1) is 15.6. The summed E-state index contributed by atoms with van der Waals surface area (Å²) in [5.41, 5.74) is 3.43. The summed E-state index contributed by atoms with van der Waals surface area (Å²) in [6, 6.07) is 19.7. The average Bonchev–Trinajstić information content (AvgIpc) is 3.23. The standard InChI is InChI=1S/C24H21N3O4S/c1-3-30-18-10-6-15(7-11-18)22(28)27-24(32)25-17-8-4-16(5-9-17)23-26-20-14-19(29-2)12-13-21(20)31-23/h4-14H,3H2,1-2H3,(H2,25,27,28,32). The molecule has 0 unspecified atom stereocenters. The predicted octanol–water partition coefficient (Wildman–Crippen LogP) is 5.03. The van der Waals surface area contributed by atoms with Gasteiger partial charge in [-0.25, -0.2) is 4.98 Å². The second kappa shape index (κ2) is 9.49. The highest BCUT2D eigenvalue weighted by atomic mass is 32.1. The van der Waals surface area contributed by atoms with Crippen LogP contribution in [-0.4, -0.2) is 29.7 Å². The first-order valence-corrected chi connectivity index (χ1v) is 10.4. The molecule has 4 aromatic rings. The fraction of sp³-hybridized carbons (Fsp3) is 0.125. The Morgan fingerprint density at radius 2 is 1.75 bits per heavy atom. The molecule has 0 radical (unpaired) electrons. The van der Waals surface area contributed by atoms with Crippen LogP contribution in [0.5, 0.6) is 11.5 Å². The van der Waals surface area contributed by atoms with Crippen molar-refractivity contribution in [1.82, 2.24) is 10.3 Å². The average molecular weight is 448 g/mol. The zero-order valence-electron chi connectivity index (χ0n) is 17.5. The normalized spacial score (nSPS) is 10.6. The Labute approximate surface area is 190 Å². The highest BCUT2D eigenvalue weighted by Crippen LogP contribution is 2.27. The number of hydrogen-bond donors (Lipinski definition) is 2. The number of aromatic nitrogens is 1. The molecule has 1 aromatic heterocycles. The second-order valence-corrected chi connectivity index (χ2v) is 7.20. The molecular weight excluding hydrogens is 426 g/mol. The van der Waals surface area contributed by atoms with Gasteiger partial charge >= 0.3 is 0 Å². The molecule has 1 heterocycles. The van der Waals surface area contributed by atoms with Gasteiger partial charge < -0.3 is 19.2 Å². The smallest absolute Gasteiger partial charge is 0.257 e. The van der Waals surface area contributed by atoms with E-state index in [2.05, 4.69) is 15.6 Å². The van der Waals surface area contributed by atoms with Crippen LogP contribution in [0.2, 0.25) is 0 Å². The molecule has 4 rings (SSSR count). The summed E-state index contributed by atoms with van der Waals surface area (Å²) in [6.45, 7) is 2.47. The van der Waals surface area contributed by atoms with Gasteiger partial charge in [-0.1, -0.05) is 0 Å². The van der Waals surface area contributed by atoms with Gasteiger partial charge in [-0.05, 0) is 79.8 Å². The number of carbonyl (C=O) groups excluding carboxylic acids is 1. The number of benzene rings is 3. The number of amides is 1. The molecule has 7 nitrogen and oxygen atoms in total. The Balaban J connectivity index is 1.38. The lowest BCUT2D eigenvalue weighted by Crippen LogP contribution is -2.34. The number of carbonyl (C=O) groups is 1. The number of rotatable bonds is 6. The topological polar surface area (TPSA) is 85.6 Å². The number of hydrogen-bond acceptors (Lipinski definition) is 6. The maximum absolute atomic E-state index is 12.4. The van der Waals surface area contributed by atoms with E-state index < -0.39 is 0 Å². The van der Waals surface area contributed by atoms with Crippen LogP contribution in [0.4, 0.5) is 5.69 Å². The summed E-state index contributed by atoms with van der Waals surface area (Å²) in [6.07, 6.45) is 0. The van der Waals surface area contributed by atoms with Crippen LogP contribution in [0, 0.1) is 0 Å². The van der Waals surface area contributed by atoms with Crippen molar-refractivity contribution in [1.29, 1.82) is 0 Å². The minimum absolute atomic E-state index is 0.200. The number of ether oxygens (including phenoxy) is 2. The molecular formula is C24H21N3O4S. The number of fused-ring (bicyclic) bond motifs is 1. The Kier molecular flexibility index (Phi) is 6.32. The van der Waals surface area contributed by atoms with Crippen LogP contribution >= 0.6 is 12.2 Å². The number of nitrogens with zero attached hydrogens (tertiary/aromatic N) is 1. The highest BCUT2D eigenvalue weighted by molar-refractivity contribution is 7.80. The van der Waals surface area contributed by atoms with Gasteiger partial charge in [0.1, 0.15) is 17.0 Å². The molecule has 0 fully saturated rings. The van der Waals surface area contributed by atoms with Crippen molar-refractivity contribution in [3.63, 3.8) is 0 Å². The molecule has 8 heteroatoms. The van der Waals surface area contributed by atoms with Crippen LogP contribution < -0.4 is 20.1 Å². The zero-order valence-corrected chi connectivity index (χ0v) is 18.4. The van der Waals surface area contributed by atoms with Gasteiger partial charge in [0.25, 0.3) is 5.91 Å². The minimum Gasteiger partial charge on any atom is -0.497 e. The van der Waals surface area contributed by atoms with Crippen molar-refractivity contribution in [2.24, 2.45) is 0 Å². The third-order valence-electron chi connectivity index (χ3n) is 4.64. The molecule has 32 heavy (non-hydrogen) atoms. The van der Waals surface area contributed by atoms with Crippen LogP contribution in [0.25, 0.3) is 22.6 Å². The van der Waals surface area contributed by atoms with Gasteiger partial charge in [0.15, 0.2) is 10.7 Å². The molecule has 0 spiro atoms. The summed E-state index contributed by atoms with van der Waals surface area (Å²) in [5.74, 6) is 1.64. The quantitative estimate of drug-likeness (QED) is 0.401. The van der Waals surface area contributed by atoms with Crippen LogP contribution in [-0.2, 0) is 0 Å². The molecule has 0 saturated heterocycles. The van der Waals surface area contributed by atoms with E-state index in [0.29, 0.717) is 29.4 Å². The number of thiocarbonyl (C=S) groups is 1. The van der Waals surface area contributed by atoms with Gasteiger partial charge in [0, 0.05) is 22.9 Å². The molecule has 0 aliphatic heterocycles. The molecule has 0 aliphatic rings. The first-order valence-electron chi connectivity index (χ1n) is 9.96. The van der Waals surface area contributed by atoms with Gasteiger partial charge in [-0.3, -0.25) is 10.1 Å². The fourth-order valence-corrected chi connectivity index (χ4v) is 3.27. The van der Waals surface area contributed by atoms with Gasteiger partial charge in [-0.15, -0.1) is 0 Å². The molecule has 2 N–H and O–H groups in total. The van der Waals surface area contributed by atoms with Crippen molar-refractivity contribution in [3.05, 3.63) is 72.3 Å². The highest BCUT2D eigenvalue weighted by Gasteiger charge is 2.11. The number of anilines is 1. The van der Waals surface area contributed by atoms with E-state index >= 15 is 0 Å². The molecule has 0 aliphatic carbocycles. The van der Waals surface area contributed by atoms with Crippen molar-refractivity contribution < 1.29 is 18.7 Å². The number of nitrogens with one attached hydrogen (secondary N) is 2. The summed E-state index contributed by atoms with van der Waals surface area (Å²) in [4.78, 5) is 16.9. The minimum atomic E-state index is -0.302. The number of oxazole rings is 1. The van der Waals surface area contributed by atoms with E-state index in [0.717, 1.165) is 22.5 Å². The molecule has 162 valence electrons. The summed E-state index contributed by atoms with van der Waals surface area (Å²) in [5, 5.41) is 5.87. The molecule has 1 amide bonds. The molecule has 0 bridgehead atoms. The predicted molar refractivity (Wildman–Crippen MR) is 127 cm³/mol. The van der Waals surface area contributed by atoms with Crippen LogP contribution in [0.1, 0.15) is 17.3 Å². The third-order valence-corrected chi connectivity index (χ3v) is 4.84. The van der Waals surface area contributed by atoms with E-state index in [1.165, 1.54) is 0 Å². The van der Waals surface area contributed by atoms with Crippen molar-refractivity contribution >= 4 is 40.0 Å². The zero-order chi connectivity index (χ0) is 22.5. The van der Waals surface area contributed by atoms with E-state index in [1.807, 2.05) is 49.4 Å². The Morgan fingerprint density at radius 1 is 1.03 bits per heavy atom. The lowest BCUT2D eigenvalue weighted by Gasteiger charge is -2.10. The monoisotopic (exact) mass is 447 g/mol. The molecule has 0 saturated carbocycles.